The summed E-state index contributed by atoms with van der Waals surface area (Å²) < 4.78 is 5.24. The molecular weight excluding hydrogens is 314 g/mol. The molecule has 1 aromatic heterocycles. The summed E-state index contributed by atoms with van der Waals surface area (Å²) in [5.74, 6) is 0. The number of nitrogens with zero attached hydrogens (tertiary/aromatic N) is 1. The Morgan fingerprint density at radius 2 is 1.91 bits per heavy atom. The van der Waals surface area contributed by atoms with Crippen molar-refractivity contribution in [2.24, 2.45) is 0 Å². The maximum Gasteiger partial charge on any atom is 0.319 e. The van der Waals surface area contributed by atoms with Gasteiger partial charge in [-0.05, 0) is 43.7 Å². The maximum atomic E-state index is 12.0. The van der Waals surface area contributed by atoms with E-state index >= 15 is 0 Å². The first-order valence-electron chi connectivity index (χ1n) is 7.19. The van der Waals surface area contributed by atoms with E-state index in [0.29, 0.717) is 22.0 Å². The highest BCUT2D eigenvalue weighted by atomic mass is 35.5. The SMILES string of the molecule is Cc1ccc(NC(=O)NCc2noc3ccc(C)cc23)c(Cl)c1. The second-order valence-electron chi connectivity index (χ2n) is 5.42. The summed E-state index contributed by atoms with van der Waals surface area (Å²) in [5.41, 5.74) is 4.10. The molecule has 118 valence electrons. The van der Waals surface area contributed by atoms with E-state index in [0.717, 1.165) is 16.5 Å². The average molecular weight is 330 g/mol. The molecule has 2 amide bonds. The van der Waals surface area contributed by atoms with Crippen molar-refractivity contribution in [3.63, 3.8) is 0 Å². The van der Waals surface area contributed by atoms with Crippen molar-refractivity contribution in [3.8, 4) is 0 Å². The fraction of sp³-hybridized carbons (Fsp3) is 0.176. The Hall–Kier alpha value is -2.53. The molecule has 0 spiro atoms. The number of aromatic nitrogens is 1. The molecule has 0 bridgehead atoms. The van der Waals surface area contributed by atoms with Crippen LogP contribution in [0, 0.1) is 13.8 Å². The first-order valence-corrected chi connectivity index (χ1v) is 7.56. The Labute approximate surface area is 138 Å². The van der Waals surface area contributed by atoms with Gasteiger partial charge in [0.2, 0.25) is 0 Å². The molecule has 3 aromatic rings. The molecule has 5 nitrogen and oxygen atoms in total. The molecular formula is C17H16ClN3O2. The second kappa shape index (κ2) is 6.30. The van der Waals surface area contributed by atoms with E-state index in [4.69, 9.17) is 16.1 Å². The molecule has 23 heavy (non-hydrogen) atoms. The molecule has 0 atom stereocenters. The molecule has 0 radical (unpaired) electrons. The molecule has 2 N–H and O–H groups in total. The number of amides is 2. The van der Waals surface area contributed by atoms with Crippen LogP contribution in [0.5, 0.6) is 0 Å². The summed E-state index contributed by atoms with van der Waals surface area (Å²) >= 11 is 6.10. The molecule has 3 rings (SSSR count). The zero-order valence-electron chi connectivity index (χ0n) is 12.8. The molecule has 0 saturated heterocycles. The van der Waals surface area contributed by atoms with Gasteiger partial charge >= 0.3 is 6.03 Å². The normalized spacial score (nSPS) is 10.7. The predicted molar refractivity (Wildman–Crippen MR) is 90.8 cm³/mol. The van der Waals surface area contributed by atoms with E-state index in [1.165, 1.54) is 0 Å². The van der Waals surface area contributed by atoms with Crippen molar-refractivity contribution < 1.29 is 9.32 Å². The van der Waals surface area contributed by atoms with E-state index in [1.54, 1.807) is 12.1 Å². The number of aryl methyl sites for hydroxylation is 2. The fourth-order valence-electron chi connectivity index (χ4n) is 2.28. The highest BCUT2D eigenvalue weighted by Crippen LogP contribution is 2.23. The summed E-state index contributed by atoms with van der Waals surface area (Å²) in [6.07, 6.45) is 0. The van der Waals surface area contributed by atoms with Crippen molar-refractivity contribution in [1.82, 2.24) is 10.5 Å². The minimum absolute atomic E-state index is 0.270. The fourth-order valence-corrected chi connectivity index (χ4v) is 2.56. The molecule has 6 heteroatoms. The van der Waals surface area contributed by atoms with Gasteiger partial charge in [-0.15, -0.1) is 0 Å². The van der Waals surface area contributed by atoms with Gasteiger partial charge in [0.15, 0.2) is 5.58 Å². The number of carbonyl (C=O) groups is 1. The highest BCUT2D eigenvalue weighted by molar-refractivity contribution is 6.33. The summed E-state index contributed by atoms with van der Waals surface area (Å²) in [6.45, 7) is 4.20. The van der Waals surface area contributed by atoms with Gasteiger partial charge in [-0.2, -0.15) is 0 Å². The number of anilines is 1. The van der Waals surface area contributed by atoms with E-state index in [9.17, 15) is 4.79 Å². The standard InChI is InChI=1S/C17H16ClN3O2/c1-10-4-6-16-12(7-10)15(21-23-16)9-19-17(22)20-14-5-3-11(2)8-13(14)18/h3-8H,9H2,1-2H3,(H2,19,20,22). The Morgan fingerprint density at radius 3 is 2.70 bits per heavy atom. The van der Waals surface area contributed by atoms with Gasteiger partial charge in [-0.25, -0.2) is 4.79 Å². The second-order valence-corrected chi connectivity index (χ2v) is 5.83. The lowest BCUT2D eigenvalue weighted by molar-refractivity contribution is 0.251. The monoisotopic (exact) mass is 329 g/mol. The van der Waals surface area contributed by atoms with Crippen molar-refractivity contribution >= 4 is 34.3 Å². The van der Waals surface area contributed by atoms with Gasteiger partial charge in [0.1, 0.15) is 5.69 Å². The minimum Gasteiger partial charge on any atom is -0.356 e. The molecule has 2 aromatic carbocycles. The van der Waals surface area contributed by atoms with Crippen LogP contribution >= 0.6 is 11.6 Å². The summed E-state index contributed by atoms with van der Waals surface area (Å²) in [7, 11) is 0. The van der Waals surface area contributed by atoms with E-state index in [1.807, 2.05) is 38.1 Å². The lowest BCUT2D eigenvalue weighted by Crippen LogP contribution is -2.28. The third kappa shape index (κ3) is 3.46. The lowest BCUT2D eigenvalue weighted by atomic mass is 10.1. The number of hydrogen-bond acceptors (Lipinski definition) is 3. The quantitative estimate of drug-likeness (QED) is 0.747. The Morgan fingerprint density at radius 1 is 1.17 bits per heavy atom. The molecule has 1 heterocycles. The van der Waals surface area contributed by atoms with Gasteiger partial charge < -0.3 is 15.2 Å². The third-order valence-electron chi connectivity index (χ3n) is 3.49. The van der Waals surface area contributed by atoms with Crippen LogP contribution in [0.15, 0.2) is 40.9 Å². The lowest BCUT2D eigenvalue weighted by Gasteiger charge is -2.08. The topological polar surface area (TPSA) is 67.2 Å². The molecule has 0 aliphatic rings. The highest BCUT2D eigenvalue weighted by Gasteiger charge is 2.10. The van der Waals surface area contributed by atoms with Crippen LogP contribution in [-0.4, -0.2) is 11.2 Å². The number of benzene rings is 2. The van der Waals surface area contributed by atoms with E-state index in [-0.39, 0.29) is 12.6 Å². The van der Waals surface area contributed by atoms with Gasteiger partial charge in [-0.1, -0.05) is 34.5 Å². The van der Waals surface area contributed by atoms with Gasteiger partial charge in [0, 0.05) is 5.39 Å². The van der Waals surface area contributed by atoms with E-state index in [2.05, 4.69) is 15.8 Å². The van der Waals surface area contributed by atoms with Crippen LogP contribution < -0.4 is 10.6 Å². The van der Waals surface area contributed by atoms with Gasteiger partial charge in [-0.3, -0.25) is 0 Å². The number of fused-ring (bicyclic) bond motifs is 1. The van der Waals surface area contributed by atoms with Crippen molar-refractivity contribution in [1.29, 1.82) is 0 Å². The van der Waals surface area contributed by atoms with Gasteiger partial charge in [0.25, 0.3) is 0 Å². The molecule has 0 unspecified atom stereocenters. The minimum atomic E-state index is -0.348. The average Bonchev–Trinajstić information content (AvgIpc) is 2.90. The number of rotatable bonds is 3. The summed E-state index contributed by atoms with van der Waals surface area (Å²) in [4.78, 5) is 12.0. The first kappa shape index (κ1) is 15.4. The Kier molecular flexibility index (Phi) is 4.21. The number of hydrogen-bond donors (Lipinski definition) is 2. The van der Waals surface area contributed by atoms with Crippen LogP contribution in [0.3, 0.4) is 0 Å². The van der Waals surface area contributed by atoms with Crippen molar-refractivity contribution in [2.45, 2.75) is 20.4 Å². The Balaban J connectivity index is 1.67. The molecule has 0 aliphatic heterocycles. The van der Waals surface area contributed by atoms with E-state index < -0.39 is 0 Å². The van der Waals surface area contributed by atoms with Crippen molar-refractivity contribution in [3.05, 3.63) is 58.2 Å². The first-order chi connectivity index (χ1) is 11.0. The summed E-state index contributed by atoms with van der Waals surface area (Å²) in [6, 6.07) is 10.9. The van der Waals surface area contributed by atoms with Gasteiger partial charge in [0.05, 0.1) is 17.3 Å². The van der Waals surface area contributed by atoms with Crippen LogP contribution in [0.4, 0.5) is 10.5 Å². The number of nitrogens with one attached hydrogen (secondary N) is 2. The van der Waals surface area contributed by atoms with Crippen LogP contribution in [-0.2, 0) is 6.54 Å². The zero-order valence-corrected chi connectivity index (χ0v) is 13.6. The van der Waals surface area contributed by atoms with Crippen molar-refractivity contribution in [2.75, 3.05) is 5.32 Å². The molecule has 0 fully saturated rings. The maximum absolute atomic E-state index is 12.0. The van der Waals surface area contributed by atoms with Crippen LogP contribution in [0.2, 0.25) is 5.02 Å². The molecule has 0 saturated carbocycles. The largest absolute Gasteiger partial charge is 0.356 e. The summed E-state index contributed by atoms with van der Waals surface area (Å²) in [5, 5.41) is 10.9. The zero-order chi connectivity index (χ0) is 16.4. The number of urea groups is 1. The number of carbonyl (C=O) groups excluding carboxylic acids is 1. The van der Waals surface area contributed by atoms with Crippen LogP contribution in [0.1, 0.15) is 16.8 Å². The Bertz CT molecular complexity index is 873. The molecule has 0 aliphatic carbocycles. The third-order valence-corrected chi connectivity index (χ3v) is 3.80. The predicted octanol–water partition coefficient (Wildman–Crippen LogP) is 4.42. The van der Waals surface area contributed by atoms with Crippen LogP contribution in [0.25, 0.3) is 11.0 Å². The number of halogens is 1. The smallest absolute Gasteiger partial charge is 0.319 e.